The first-order valence-corrected chi connectivity index (χ1v) is 11.5. The highest BCUT2D eigenvalue weighted by atomic mass is 32.1. The molecule has 0 fully saturated rings. The SMILES string of the molecule is CCOC(=O)c1c(-c2ccccc2)csc1NC(=O)c1nc(C)sc1-c1ccccc1. The number of aryl methyl sites for hydroxylation is 1. The minimum absolute atomic E-state index is 0.250. The summed E-state index contributed by atoms with van der Waals surface area (Å²) in [6.45, 7) is 3.88. The molecule has 0 atom stereocenters. The maximum absolute atomic E-state index is 13.2. The van der Waals surface area contributed by atoms with Crippen molar-refractivity contribution in [2.45, 2.75) is 13.8 Å². The van der Waals surface area contributed by atoms with E-state index in [1.54, 1.807) is 6.92 Å². The molecule has 2 heterocycles. The molecular formula is C24H20N2O3S2. The van der Waals surface area contributed by atoms with Crippen molar-refractivity contribution in [2.24, 2.45) is 0 Å². The van der Waals surface area contributed by atoms with Crippen molar-refractivity contribution in [3.05, 3.63) is 82.3 Å². The van der Waals surface area contributed by atoms with Gasteiger partial charge >= 0.3 is 5.97 Å². The van der Waals surface area contributed by atoms with Gasteiger partial charge in [0.25, 0.3) is 5.91 Å². The topological polar surface area (TPSA) is 68.3 Å². The molecule has 0 saturated carbocycles. The van der Waals surface area contributed by atoms with E-state index in [0.717, 1.165) is 26.6 Å². The molecule has 0 bridgehead atoms. The Morgan fingerprint density at radius 1 is 1.00 bits per heavy atom. The molecule has 4 rings (SSSR count). The molecule has 2 aromatic carbocycles. The van der Waals surface area contributed by atoms with Crippen molar-refractivity contribution < 1.29 is 14.3 Å². The molecule has 0 saturated heterocycles. The molecule has 4 aromatic rings. The molecule has 7 heteroatoms. The number of hydrogen-bond acceptors (Lipinski definition) is 6. The molecule has 0 radical (unpaired) electrons. The molecule has 5 nitrogen and oxygen atoms in total. The van der Waals surface area contributed by atoms with Gasteiger partial charge in [-0.3, -0.25) is 4.79 Å². The molecular weight excluding hydrogens is 428 g/mol. The molecule has 156 valence electrons. The number of benzene rings is 2. The van der Waals surface area contributed by atoms with E-state index in [9.17, 15) is 9.59 Å². The predicted molar refractivity (Wildman–Crippen MR) is 126 cm³/mol. The minimum atomic E-state index is -0.462. The molecule has 0 aliphatic heterocycles. The van der Waals surface area contributed by atoms with Crippen molar-refractivity contribution >= 4 is 39.6 Å². The largest absolute Gasteiger partial charge is 0.462 e. The highest BCUT2D eigenvalue weighted by molar-refractivity contribution is 7.16. The number of rotatable bonds is 6. The monoisotopic (exact) mass is 448 g/mol. The third-order valence-electron chi connectivity index (χ3n) is 4.57. The number of thiazole rings is 1. The van der Waals surface area contributed by atoms with E-state index in [4.69, 9.17) is 4.74 Å². The van der Waals surface area contributed by atoms with Gasteiger partial charge in [-0.05, 0) is 25.0 Å². The second-order valence-corrected chi connectivity index (χ2v) is 8.75. The minimum Gasteiger partial charge on any atom is -0.462 e. The standard InChI is InChI=1S/C24H20N2O3S2/c1-3-29-24(28)19-18(16-10-6-4-7-11-16)14-30-23(19)26-22(27)20-21(31-15(2)25-20)17-12-8-5-9-13-17/h4-14H,3H2,1-2H3,(H,26,27). The van der Waals surface area contributed by atoms with Crippen LogP contribution in [0.15, 0.2) is 66.0 Å². The predicted octanol–water partition coefficient (Wildman–Crippen LogP) is 6.28. The zero-order chi connectivity index (χ0) is 21.8. The number of esters is 1. The van der Waals surface area contributed by atoms with Crippen LogP contribution in [-0.2, 0) is 4.74 Å². The molecule has 1 N–H and O–H groups in total. The van der Waals surface area contributed by atoms with Gasteiger partial charge in [0.15, 0.2) is 0 Å². The first-order valence-electron chi connectivity index (χ1n) is 9.76. The normalized spacial score (nSPS) is 10.6. The fourth-order valence-electron chi connectivity index (χ4n) is 3.21. The van der Waals surface area contributed by atoms with E-state index in [2.05, 4.69) is 10.3 Å². The van der Waals surface area contributed by atoms with Crippen LogP contribution in [0.25, 0.3) is 21.6 Å². The first kappa shape index (κ1) is 21.0. The lowest BCUT2D eigenvalue weighted by atomic mass is 10.0. The van der Waals surface area contributed by atoms with Gasteiger partial charge < -0.3 is 10.1 Å². The summed E-state index contributed by atoms with van der Waals surface area (Å²) in [6.07, 6.45) is 0. The fraction of sp³-hybridized carbons (Fsp3) is 0.125. The van der Waals surface area contributed by atoms with Crippen LogP contribution < -0.4 is 5.32 Å². The Morgan fingerprint density at radius 2 is 1.65 bits per heavy atom. The van der Waals surface area contributed by atoms with Crippen molar-refractivity contribution in [1.29, 1.82) is 0 Å². The maximum atomic E-state index is 13.2. The van der Waals surface area contributed by atoms with Crippen LogP contribution in [0.5, 0.6) is 0 Å². The summed E-state index contributed by atoms with van der Waals surface area (Å²) in [5.41, 5.74) is 3.26. The molecule has 0 aliphatic rings. The Bertz CT molecular complexity index is 1210. The second-order valence-electron chi connectivity index (χ2n) is 6.67. The van der Waals surface area contributed by atoms with Crippen LogP contribution in [0.4, 0.5) is 5.00 Å². The summed E-state index contributed by atoms with van der Waals surface area (Å²) in [7, 11) is 0. The van der Waals surface area contributed by atoms with Crippen LogP contribution in [0.2, 0.25) is 0 Å². The van der Waals surface area contributed by atoms with Crippen molar-refractivity contribution in [1.82, 2.24) is 4.98 Å². The number of amides is 1. The third-order valence-corrected chi connectivity index (χ3v) is 6.48. The summed E-state index contributed by atoms with van der Waals surface area (Å²) >= 11 is 2.77. The average molecular weight is 449 g/mol. The third kappa shape index (κ3) is 4.42. The van der Waals surface area contributed by atoms with Crippen molar-refractivity contribution in [2.75, 3.05) is 11.9 Å². The van der Waals surface area contributed by atoms with Crippen molar-refractivity contribution in [3.8, 4) is 21.6 Å². The van der Waals surface area contributed by atoms with Gasteiger partial charge in [0, 0.05) is 10.9 Å². The van der Waals surface area contributed by atoms with Crippen LogP contribution in [-0.4, -0.2) is 23.5 Å². The quantitative estimate of drug-likeness (QED) is 0.353. The van der Waals surface area contributed by atoms with E-state index < -0.39 is 5.97 Å². The van der Waals surface area contributed by atoms with Crippen LogP contribution in [0.1, 0.15) is 32.8 Å². The smallest absolute Gasteiger partial charge is 0.341 e. The number of hydrogen-bond donors (Lipinski definition) is 1. The van der Waals surface area contributed by atoms with E-state index >= 15 is 0 Å². The zero-order valence-corrected chi connectivity index (χ0v) is 18.7. The Morgan fingerprint density at radius 3 is 2.29 bits per heavy atom. The summed E-state index contributed by atoms with van der Waals surface area (Å²) < 4.78 is 5.28. The molecule has 0 aliphatic carbocycles. The molecule has 1 amide bonds. The van der Waals surface area contributed by atoms with Gasteiger partial charge in [-0.15, -0.1) is 22.7 Å². The second kappa shape index (κ2) is 9.24. The Balaban J connectivity index is 1.71. The Labute approximate surface area is 188 Å². The summed E-state index contributed by atoms with van der Waals surface area (Å²) in [6, 6.07) is 19.3. The first-order chi connectivity index (χ1) is 15.1. The number of anilines is 1. The van der Waals surface area contributed by atoms with E-state index in [0.29, 0.717) is 16.3 Å². The average Bonchev–Trinajstić information content (AvgIpc) is 3.39. The van der Waals surface area contributed by atoms with E-state index in [-0.39, 0.29) is 12.5 Å². The maximum Gasteiger partial charge on any atom is 0.341 e. The lowest BCUT2D eigenvalue weighted by molar-refractivity contribution is 0.0529. The van der Waals surface area contributed by atoms with Crippen LogP contribution >= 0.6 is 22.7 Å². The molecule has 31 heavy (non-hydrogen) atoms. The lowest BCUT2D eigenvalue weighted by Crippen LogP contribution is -2.16. The van der Waals surface area contributed by atoms with Gasteiger partial charge in [0.1, 0.15) is 16.3 Å². The number of carbonyl (C=O) groups is 2. The Kier molecular flexibility index (Phi) is 6.25. The van der Waals surface area contributed by atoms with Gasteiger partial charge in [0.05, 0.1) is 16.5 Å². The number of ether oxygens (including phenoxy) is 1. The lowest BCUT2D eigenvalue weighted by Gasteiger charge is -2.09. The highest BCUT2D eigenvalue weighted by Gasteiger charge is 2.25. The molecule has 0 spiro atoms. The van der Waals surface area contributed by atoms with E-state index in [1.165, 1.54) is 22.7 Å². The van der Waals surface area contributed by atoms with Gasteiger partial charge in [0.2, 0.25) is 0 Å². The van der Waals surface area contributed by atoms with Gasteiger partial charge in [-0.2, -0.15) is 0 Å². The number of carbonyl (C=O) groups excluding carboxylic acids is 2. The number of nitrogens with one attached hydrogen (secondary N) is 1. The Hall–Kier alpha value is -3.29. The fourth-order valence-corrected chi connectivity index (χ4v) is 5.09. The summed E-state index contributed by atoms with van der Waals surface area (Å²) in [4.78, 5) is 31.2. The van der Waals surface area contributed by atoms with Gasteiger partial charge in [-0.1, -0.05) is 60.7 Å². The summed E-state index contributed by atoms with van der Waals surface area (Å²) in [5, 5.41) is 6.01. The van der Waals surface area contributed by atoms with E-state index in [1.807, 2.05) is 73.0 Å². The van der Waals surface area contributed by atoms with Crippen molar-refractivity contribution in [3.63, 3.8) is 0 Å². The zero-order valence-electron chi connectivity index (χ0n) is 17.0. The summed E-state index contributed by atoms with van der Waals surface area (Å²) in [5.74, 6) is -0.814. The number of nitrogens with zero attached hydrogens (tertiary/aromatic N) is 1. The van der Waals surface area contributed by atoms with Gasteiger partial charge in [-0.25, -0.2) is 9.78 Å². The van der Waals surface area contributed by atoms with Crippen LogP contribution in [0.3, 0.4) is 0 Å². The van der Waals surface area contributed by atoms with Crippen LogP contribution in [0, 0.1) is 6.92 Å². The molecule has 2 aromatic heterocycles. The number of thiophene rings is 1. The highest BCUT2D eigenvalue weighted by Crippen LogP contribution is 2.37. The number of aromatic nitrogens is 1. The molecule has 0 unspecified atom stereocenters.